The third-order valence-corrected chi connectivity index (χ3v) is 4.33. The van der Waals surface area contributed by atoms with Crippen molar-refractivity contribution in [3.05, 3.63) is 24.0 Å². The summed E-state index contributed by atoms with van der Waals surface area (Å²) in [7, 11) is 0. The number of rotatable bonds is 4. The first-order valence-electron chi connectivity index (χ1n) is 7.46. The molecule has 4 rings (SSSR count). The van der Waals surface area contributed by atoms with Crippen LogP contribution in [0.15, 0.2) is 18.5 Å². The van der Waals surface area contributed by atoms with Gasteiger partial charge in [-0.05, 0) is 37.3 Å². The highest BCUT2D eigenvalue weighted by atomic mass is 15.3. The SMILES string of the molecule is c1nc2c(cnn2C2CCCC2)cc1CNC1CC1. The summed E-state index contributed by atoms with van der Waals surface area (Å²) < 4.78 is 2.14. The second-order valence-corrected chi connectivity index (χ2v) is 5.94. The largest absolute Gasteiger partial charge is 0.310 e. The quantitative estimate of drug-likeness (QED) is 0.914. The summed E-state index contributed by atoms with van der Waals surface area (Å²) in [6.45, 7) is 0.933. The molecule has 2 aliphatic carbocycles. The Kier molecular flexibility index (Phi) is 2.76. The number of hydrogen-bond donors (Lipinski definition) is 1. The van der Waals surface area contributed by atoms with Crippen molar-refractivity contribution in [2.45, 2.75) is 57.2 Å². The smallest absolute Gasteiger partial charge is 0.157 e. The van der Waals surface area contributed by atoms with Crippen LogP contribution in [0.1, 0.15) is 50.1 Å². The minimum atomic E-state index is 0.570. The first kappa shape index (κ1) is 11.4. The lowest BCUT2D eigenvalue weighted by Crippen LogP contribution is -2.15. The highest BCUT2D eigenvalue weighted by Gasteiger charge is 2.21. The van der Waals surface area contributed by atoms with Crippen LogP contribution >= 0.6 is 0 Å². The molecule has 0 atom stereocenters. The highest BCUT2D eigenvalue weighted by molar-refractivity contribution is 5.75. The zero-order chi connectivity index (χ0) is 12.7. The van der Waals surface area contributed by atoms with E-state index in [1.807, 2.05) is 12.4 Å². The number of nitrogens with zero attached hydrogens (tertiary/aromatic N) is 3. The van der Waals surface area contributed by atoms with Gasteiger partial charge in [-0.25, -0.2) is 9.67 Å². The monoisotopic (exact) mass is 256 g/mol. The third kappa shape index (κ3) is 2.25. The summed E-state index contributed by atoms with van der Waals surface area (Å²) in [6, 6.07) is 3.55. The predicted octanol–water partition coefficient (Wildman–Crippen LogP) is 2.80. The summed E-state index contributed by atoms with van der Waals surface area (Å²) in [5, 5.41) is 9.27. The van der Waals surface area contributed by atoms with Crippen LogP contribution in [-0.4, -0.2) is 20.8 Å². The van der Waals surface area contributed by atoms with Gasteiger partial charge in [-0.15, -0.1) is 0 Å². The summed E-state index contributed by atoms with van der Waals surface area (Å²) in [5.74, 6) is 0. The fraction of sp³-hybridized carbons (Fsp3) is 0.600. The molecule has 0 radical (unpaired) electrons. The minimum Gasteiger partial charge on any atom is -0.310 e. The number of aromatic nitrogens is 3. The molecule has 2 heterocycles. The van der Waals surface area contributed by atoms with E-state index in [1.165, 1.54) is 49.5 Å². The van der Waals surface area contributed by atoms with E-state index >= 15 is 0 Å². The molecule has 0 aromatic carbocycles. The maximum atomic E-state index is 4.64. The molecule has 0 bridgehead atoms. The number of hydrogen-bond acceptors (Lipinski definition) is 3. The molecule has 0 saturated heterocycles. The predicted molar refractivity (Wildman–Crippen MR) is 74.9 cm³/mol. The lowest BCUT2D eigenvalue weighted by atomic mass is 10.2. The van der Waals surface area contributed by atoms with E-state index in [-0.39, 0.29) is 0 Å². The third-order valence-electron chi connectivity index (χ3n) is 4.33. The van der Waals surface area contributed by atoms with Crippen molar-refractivity contribution < 1.29 is 0 Å². The van der Waals surface area contributed by atoms with E-state index in [0.29, 0.717) is 6.04 Å². The maximum Gasteiger partial charge on any atom is 0.157 e. The molecule has 0 spiro atoms. The van der Waals surface area contributed by atoms with Crippen molar-refractivity contribution in [3.63, 3.8) is 0 Å². The topological polar surface area (TPSA) is 42.7 Å². The van der Waals surface area contributed by atoms with Gasteiger partial charge in [-0.3, -0.25) is 0 Å². The van der Waals surface area contributed by atoms with E-state index in [0.717, 1.165) is 18.2 Å². The van der Waals surface area contributed by atoms with Gasteiger partial charge in [0.1, 0.15) is 0 Å². The van der Waals surface area contributed by atoms with Crippen molar-refractivity contribution in [1.82, 2.24) is 20.1 Å². The van der Waals surface area contributed by atoms with Crippen molar-refractivity contribution in [2.75, 3.05) is 0 Å². The van der Waals surface area contributed by atoms with Crippen molar-refractivity contribution in [3.8, 4) is 0 Å². The van der Waals surface area contributed by atoms with Crippen LogP contribution in [0.25, 0.3) is 11.0 Å². The average Bonchev–Trinajstić information content (AvgIpc) is 2.94. The standard InChI is InChI=1S/C15H20N4/c1-2-4-14(3-1)19-15-12(10-18-19)7-11(9-17-15)8-16-13-5-6-13/h7,9-10,13-14,16H,1-6,8H2. The fourth-order valence-electron chi connectivity index (χ4n) is 3.05. The molecule has 4 nitrogen and oxygen atoms in total. The number of nitrogens with one attached hydrogen (secondary N) is 1. The highest BCUT2D eigenvalue weighted by Crippen LogP contribution is 2.31. The second-order valence-electron chi connectivity index (χ2n) is 5.94. The maximum absolute atomic E-state index is 4.64. The summed E-state index contributed by atoms with van der Waals surface area (Å²) in [4.78, 5) is 4.64. The molecular weight excluding hydrogens is 236 g/mol. The molecule has 2 saturated carbocycles. The normalized spacial score (nSPS) is 20.4. The van der Waals surface area contributed by atoms with E-state index in [4.69, 9.17) is 0 Å². The van der Waals surface area contributed by atoms with Crippen LogP contribution in [0.2, 0.25) is 0 Å². The van der Waals surface area contributed by atoms with E-state index in [9.17, 15) is 0 Å². The summed E-state index contributed by atoms with van der Waals surface area (Å²) in [6.07, 6.45) is 11.8. The molecule has 2 aromatic heterocycles. The Morgan fingerprint density at radius 2 is 2.00 bits per heavy atom. The Balaban J connectivity index is 1.59. The van der Waals surface area contributed by atoms with Crippen molar-refractivity contribution in [2.24, 2.45) is 0 Å². The zero-order valence-corrected chi connectivity index (χ0v) is 11.2. The molecule has 100 valence electrons. The molecule has 2 aromatic rings. The van der Waals surface area contributed by atoms with Gasteiger partial charge < -0.3 is 5.32 Å². The van der Waals surface area contributed by atoms with E-state index in [2.05, 4.69) is 26.1 Å². The molecular formula is C15H20N4. The molecule has 2 aliphatic rings. The van der Waals surface area contributed by atoms with Gasteiger partial charge in [0.2, 0.25) is 0 Å². The van der Waals surface area contributed by atoms with E-state index in [1.54, 1.807) is 0 Å². The zero-order valence-electron chi connectivity index (χ0n) is 11.2. The second kappa shape index (κ2) is 4.60. The van der Waals surface area contributed by atoms with Gasteiger partial charge >= 0.3 is 0 Å². The van der Waals surface area contributed by atoms with Crippen molar-refractivity contribution >= 4 is 11.0 Å². The van der Waals surface area contributed by atoms with Crippen LogP contribution in [0.3, 0.4) is 0 Å². The molecule has 4 heteroatoms. The molecule has 2 fully saturated rings. The first-order valence-corrected chi connectivity index (χ1v) is 7.46. The Labute approximate surface area is 113 Å². The molecule has 0 aliphatic heterocycles. The Morgan fingerprint density at radius 1 is 1.16 bits per heavy atom. The lowest BCUT2D eigenvalue weighted by Gasteiger charge is -2.10. The summed E-state index contributed by atoms with van der Waals surface area (Å²) in [5.41, 5.74) is 2.33. The average molecular weight is 256 g/mol. The lowest BCUT2D eigenvalue weighted by molar-refractivity contribution is 0.478. The van der Waals surface area contributed by atoms with Crippen LogP contribution in [-0.2, 0) is 6.54 Å². The Hall–Kier alpha value is -1.42. The fourth-order valence-corrected chi connectivity index (χ4v) is 3.05. The van der Waals surface area contributed by atoms with Crippen LogP contribution < -0.4 is 5.32 Å². The van der Waals surface area contributed by atoms with Gasteiger partial charge in [0, 0.05) is 24.2 Å². The molecule has 0 unspecified atom stereocenters. The van der Waals surface area contributed by atoms with Gasteiger partial charge in [-0.1, -0.05) is 12.8 Å². The molecule has 0 amide bonds. The Bertz CT molecular complexity index is 579. The van der Waals surface area contributed by atoms with E-state index < -0.39 is 0 Å². The van der Waals surface area contributed by atoms with Gasteiger partial charge in [-0.2, -0.15) is 5.10 Å². The van der Waals surface area contributed by atoms with Crippen LogP contribution in [0.5, 0.6) is 0 Å². The number of fused-ring (bicyclic) bond motifs is 1. The van der Waals surface area contributed by atoms with Crippen molar-refractivity contribution in [1.29, 1.82) is 0 Å². The van der Waals surface area contributed by atoms with Gasteiger partial charge in [0.25, 0.3) is 0 Å². The van der Waals surface area contributed by atoms with Crippen LogP contribution in [0.4, 0.5) is 0 Å². The van der Waals surface area contributed by atoms with Crippen LogP contribution in [0, 0.1) is 0 Å². The minimum absolute atomic E-state index is 0.570. The summed E-state index contributed by atoms with van der Waals surface area (Å²) >= 11 is 0. The molecule has 1 N–H and O–H groups in total. The molecule has 19 heavy (non-hydrogen) atoms. The first-order chi connectivity index (χ1) is 9.40. The Morgan fingerprint density at radius 3 is 2.79 bits per heavy atom. The van der Waals surface area contributed by atoms with Gasteiger partial charge in [0.05, 0.1) is 12.2 Å². The number of pyridine rings is 1. The van der Waals surface area contributed by atoms with Gasteiger partial charge in [0.15, 0.2) is 5.65 Å².